The molecule has 0 radical (unpaired) electrons. The maximum atomic E-state index is 12.5. The number of methoxy groups -OCH3 is 1. The van der Waals surface area contributed by atoms with Crippen molar-refractivity contribution in [3.8, 4) is 28.6 Å². The SMILES string of the molecule is COc1cccc(Oc2ncc(-c3cccc(C(=O)Nc4ccccc4)c3)cn2)c1. The van der Waals surface area contributed by atoms with Gasteiger partial charge in [-0.1, -0.05) is 36.4 Å². The van der Waals surface area contributed by atoms with Crippen molar-refractivity contribution in [2.24, 2.45) is 0 Å². The number of carbonyl (C=O) groups excluding carboxylic acids is 1. The number of nitrogens with zero attached hydrogens (tertiary/aromatic N) is 2. The summed E-state index contributed by atoms with van der Waals surface area (Å²) in [5.74, 6) is 1.10. The van der Waals surface area contributed by atoms with Gasteiger partial charge in [0.15, 0.2) is 0 Å². The number of para-hydroxylation sites is 1. The molecule has 6 heteroatoms. The van der Waals surface area contributed by atoms with Crippen molar-refractivity contribution in [2.75, 3.05) is 12.4 Å². The van der Waals surface area contributed by atoms with E-state index in [2.05, 4.69) is 15.3 Å². The minimum atomic E-state index is -0.179. The molecule has 1 N–H and O–H groups in total. The lowest BCUT2D eigenvalue weighted by atomic mass is 10.1. The molecule has 0 atom stereocenters. The van der Waals surface area contributed by atoms with Gasteiger partial charge in [-0.05, 0) is 42.0 Å². The Balaban J connectivity index is 1.49. The van der Waals surface area contributed by atoms with Gasteiger partial charge in [0, 0.05) is 35.3 Å². The zero-order valence-corrected chi connectivity index (χ0v) is 16.3. The highest BCUT2D eigenvalue weighted by molar-refractivity contribution is 6.04. The normalized spacial score (nSPS) is 10.3. The van der Waals surface area contributed by atoms with Gasteiger partial charge in [-0.3, -0.25) is 4.79 Å². The Bertz CT molecular complexity index is 1150. The van der Waals surface area contributed by atoms with E-state index in [-0.39, 0.29) is 11.9 Å². The lowest BCUT2D eigenvalue weighted by molar-refractivity contribution is 0.102. The zero-order chi connectivity index (χ0) is 20.8. The molecule has 4 aromatic rings. The fourth-order valence-electron chi connectivity index (χ4n) is 2.85. The third-order valence-electron chi connectivity index (χ3n) is 4.37. The monoisotopic (exact) mass is 397 g/mol. The molecule has 4 rings (SSSR count). The van der Waals surface area contributed by atoms with E-state index in [0.717, 1.165) is 16.8 Å². The van der Waals surface area contributed by atoms with Gasteiger partial charge < -0.3 is 14.8 Å². The molecule has 30 heavy (non-hydrogen) atoms. The summed E-state index contributed by atoms with van der Waals surface area (Å²) in [6, 6.07) is 24.1. The summed E-state index contributed by atoms with van der Waals surface area (Å²) in [7, 11) is 1.60. The first-order valence-electron chi connectivity index (χ1n) is 9.32. The Hall–Kier alpha value is -4.19. The number of nitrogens with one attached hydrogen (secondary N) is 1. The Morgan fingerprint density at radius 2 is 1.53 bits per heavy atom. The number of hydrogen-bond acceptors (Lipinski definition) is 5. The fourth-order valence-corrected chi connectivity index (χ4v) is 2.85. The second kappa shape index (κ2) is 8.87. The van der Waals surface area contributed by atoms with Gasteiger partial charge >= 0.3 is 6.01 Å². The average molecular weight is 397 g/mol. The molecular formula is C24H19N3O3. The van der Waals surface area contributed by atoms with Crippen LogP contribution in [0.15, 0.2) is 91.3 Å². The van der Waals surface area contributed by atoms with Crippen molar-refractivity contribution < 1.29 is 14.3 Å². The van der Waals surface area contributed by atoms with E-state index in [9.17, 15) is 4.79 Å². The Kier molecular flexibility index (Phi) is 5.66. The van der Waals surface area contributed by atoms with Crippen LogP contribution in [-0.4, -0.2) is 23.0 Å². The maximum Gasteiger partial charge on any atom is 0.321 e. The molecular weight excluding hydrogens is 378 g/mol. The predicted octanol–water partition coefficient (Wildman–Crippen LogP) is 5.20. The molecule has 148 valence electrons. The van der Waals surface area contributed by atoms with Crippen LogP contribution < -0.4 is 14.8 Å². The second-order valence-electron chi connectivity index (χ2n) is 6.44. The number of carbonyl (C=O) groups is 1. The molecule has 1 heterocycles. The van der Waals surface area contributed by atoms with Crippen LogP contribution in [0.3, 0.4) is 0 Å². The Morgan fingerprint density at radius 3 is 2.30 bits per heavy atom. The lowest BCUT2D eigenvalue weighted by Gasteiger charge is -2.08. The molecule has 0 aliphatic carbocycles. The third kappa shape index (κ3) is 4.62. The smallest absolute Gasteiger partial charge is 0.321 e. The maximum absolute atomic E-state index is 12.5. The Morgan fingerprint density at radius 1 is 0.800 bits per heavy atom. The van der Waals surface area contributed by atoms with Gasteiger partial charge in [-0.25, -0.2) is 9.97 Å². The topological polar surface area (TPSA) is 73.3 Å². The van der Waals surface area contributed by atoms with Crippen LogP contribution in [0.25, 0.3) is 11.1 Å². The van der Waals surface area contributed by atoms with Gasteiger partial charge in [0.2, 0.25) is 0 Å². The van der Waals surface area contributed by atoms with Crippen molar-refractivity contribution in [3.05, 3.63) is 96.8 Å². The minimum Gasteiger partial charge on any atom is -0.497 e. The van der Waals surface area contributed by atoms with E-state index >= 15 is 0 Å². The molecule has 3 aromatic carbocycles. The number of benzene rings is 3. The first kappa shape index (κ1) is 19.1. The largest absolute Gasteiger partial charge is 0.497 e. The van der Waals surface area contributed by atoms with Gasteiger partial charge in [0.1, 0.15) is 11.5 Å². The van der Waals surface area contributed by atoms with E-state index in [1.807, 2.05) is 54.6 Å². The number of aromatic nitrogens is 2. The van der Waals surface area contributed by atoms with Gasteiger partial charge in [0.05, 0.1) is 7.11 Å². The summed E-state index contributed by atoms with van der Waals surface area (Å²) < 4.78 is 10.9. The van der Waals surface area contributed by atoms with Crippen LogP contribution in [0.1, 0.15) is 10.4 Å². The van der Waals surface area contributed by atoms with E-state index in [1.54, 1.807) is 43.8 Å². The van der Waals surface area contributed by atoms with E-state index in [4.69, 9.17) is 9.47 Å². The Labute approximate surface area is 174 Å². The number of amides is 1. The minimum absolute atomic E-state index is 0.179. The molecule has 0 unspecified atom stereocenters. The van der Waals surface area contributed by atoms with Crippen LogP contribution in [0, 0.1) is 0 Å². The predicted molar refractivity (Wildman–Crippen MR) is 115 cm³/mol. The first-order valence-corrected chi connectivity index (χ1v) is 9.32. The van der Waals surface area contributed by atoms with Crippen LogP contribution in [0.5, 0.6) is 17.5 Å². The number of hydrogen-bond donors (Lipinski definition) is 1. The van der Waals surface area contributed by atoms with Crippen LogP contribution >= 0.6 is 0 Å². The summed E-state index contributed by atoms with van der Waals surface area (Å²) in [5.41, 5.74) is 2.91. The molecule has 0 aliphatic heterocycles. The number of anilines is 1. The zero-order valence-electron chi connectivity index (χ0n) is 16.3. The van der Waals surface area contributed by atoms with Crippen molar-refractivity contribution in [3.63, 3.8) is 0 Å². The van der Waals surface area contributed by atoms with E-state index in [0.29, 0.717) is 17.1 Å². The quantitative estimate of drug-likeness (QED) is 0.484. The second-order valence-corrected chi connectivity index (χ2v) is 6.44. The van der Waals surface area contributed by atoms with Gasteiger partial charge in [-0.15, -0.1) is 0 Å². The van der Waals surface area contributed by atoms with Gasteiger partial charge in [0.25, 0.3) is 5.91 Å². The molecule has 0 bridgehead atoms. The van der Waals surface area contributed by atoms with E-state index < -0.39 is 0 Å². The number of ether oxygens (including phenoxy) is 2. The highest BCUT2D eigenvalue weighted by atomic mass is 16.5. The van der Waals surface area contributed by atoms with Crippen molar-refractivity contribution in [1.29, 1.82) is 0 Å². The van der Waals surface area contributed by atoms with Crippen molar-refractivity contribution in [1.82, 2.24) is 9.97 Å². The third-order valence-corrected chi connectivity index (χ3v) is 4.37. The summed E-state index contributed by atoms with van der Waals surface area (Å²) in [6.45, 7) is 0. The van der Waals surface area contributed by atoms with E-state index in [1.165, 1.54) is 0 Å². The summed E-state index contributed by atoms with van der Waals surface area (Å²) in [6.07, 6.45) is 3.33. The summed E-state index contributed by atoms with van der Waals surface area (Å²) in [4.78, 5) is 21.1. The molecule has 1 amide bonds. The summed E-state index contributed by atoms with van der Waals surface area (Å²) in [5, 5.41) is 2.88. The van der Waals surface area contributed by atoms with Crippen molar-refractivity contribution >= 4 is 11.6 Å². The average Bonchev–Trinajstić information content (AvgIpc) is 2.80. The standard InChI is InChI=1S/C24H19N3O3/c1-29-21-11-6-12-22(14-21)30-24-25-15-19(16-26-24)17-7-5-8-18(13-17)23(28)27-20-9-3-2-4-10-20/h2-16H,1H3,(H,27,28). The van der Waals surface area contributed by atoms with Gasteiger partial charge in [-0.2, -0.15) is 0 Å². The lowest BCUT2D eigenvalue weighted by Crippen LogP contribution is -2.11. The summed E-state index contributed by atoms with van der Waals surface area (Å²) >= 11 is 0. The molecule has 6 nitrogen and oxygen atoms in total. The molecule has 0 saturated heterocycles. The molecule has 0 spiro atoms. The highest BCUT2D eigenvalue weighted by Gasteiger charge is 2.09. The number of rotatable bonds is 6. The van der Waals surface area contributed by atoms with Crippen molar-refractivity contribution in [2.45, 2.75) is 0 Å². The van der Waals surface area contributed by atoms with Crippen LogP contribution in [0.2, 0.25) is 0 Å². The molecule has 0 fully saturated rings. The molecule has 1 aromatic heterocycles. The van der Waals surface area contributed by atoms with Crippen LogP contribution in [-0.2, 0) is 0 Å². The molecule has 0 aliphatic rings. The van der Waals surface area contributed by atoms with Crippen LogP contribution in [0.4, 0.5) is 5.69 Å². The highest BCUT2D eigenvalue weighted by Crippen LogP contribution is 2.25. The molecule has 0 saturated carbocycles. The fraction of sp³-hybridized carbons (Fsp3) is 0.0417. The first-order chi connectivity index (χ1) is 14.7.